The van der Waals surface area contributed by atoms with Crippen molar-refractivity contribution in [2.45, 2.75) is 4.90 Å². The van der Waals surface area contributed by atoms with Gasteiger partial charge in [-0.1, -0.05) is 0 Å². The van der Waals surface area contributed by atoms with Gasteiger partial charge < -0.3 is 4.98 Å². The van der Waals surface area contributed by atoms with Gasteiger partial charge in [-0.2, -0.15) is 0 Å². The monoisotopic (exact) mass is 179 g/mol. The maximum atomic E-state index is 3.19. The van der Waals surface area contributed by atoms with Crippen LogP contribution in [0.3, 0.4) is 0 Å². The van der Waals surface area contributed by atoms with Crippen LogP contribution >= 0.6 is 10.9 Å². The second-order valence-corrected chi connectivity index (χ2v) is 5.45. The lowest BCUT2D eigenvalue weighted by Crippen LogP contribution is -1.77. The normalized spacial score (nSPS) is 12.0. The fourth-order valence-electron chi connectivity index (χ4n) is 1.32. The molecule has 0 saturated carbocycles. The number of aromatic amines is 1. The molecule has 12 heavy (non-hydrogen) atoms. The second kappa shape index (κ2) is 2.87. The molecule has 0 aliphatic carbocycles. The number of fused-ring (bicyclic) bond motifs is 1. The number of benzene rings is 1. The summed E-state index contributed by atoms with van der Waals surface area (Å²) in [6.07, 6.45) is 6.55. The summed E-state index contributed by atoms with van der Waals surface area (Å²) in [6, 6.07) is 8.77. The van der Waals surface area contributed by atoms with Gasteiger partial charge in [-0.3, -0.25) is 0 Å². The number of H-pyrrole nitrogens is 1. The summed E-state index contributed by atoms with van der Waals surface area (Å²) in [5.41, 5.74) is 1.23. The third-order valence-electron chi connectivity index (χ3n) is 2.05. The van der Waals surface area contributed by atoms with E-state index in [-0.39, 0.29) is 10.9 Å². The van der Waals surface area contributed by atoms with Gasteiger partial charge in [0.25, 0.3) is 0 Å². The van der Waals surface area contributed by atoms with Gasteiger partial charge in [0.15, 0.2) is 0 Å². The Kier molecular flexibility index (Phi) is 1.85. The van der Waals surface area contributed by atoms with Gasteiger partial charge in [0.2, 0.25) is 0 Å². The Labute approximate surface area is 75.1 Å². The van der Waals surface area contributed by atoms with Gasteiger partial charge in [0.1, 0.15) is 0 Å². The van der Waals surface area contributed by atoms with Crippen molar-refractivity contribution in [3.63, 3.8) is 0 Å². The molecule has 0 radical (unpaired) electrons. The fraction of sp³-hybridized carbons (Fsp3) is 0.200. The molecular weight excluding hydrogens is 166 g/mol. The van der Waals surface area contributed by atoms with Crippen molar-refractivity contribution in [3.05, 3.63) is 30.5 Å². The van der Waals surface area contributed by atoms with Gasteiger partial charge in [0, 0.05) is 17.1 Å². The fourth-order valence-corrected chi connectivity index (χ4v) is 2.09. The van der Waals surface area contributed by atoms with E-state index in [1.807, 2.05) is 6.20 Å². The average molecular weight is 179 g/mol. The lowest BCUT2D eigenvalue weighted by atomic mass is 10.2. The minimum atomic E-state index is 0.0362. The van der Waals surface area contributed by atoms with Crippen molar-refractivity contribution < 1.29 is 0 Å². The first kappa shape index (κ1) is 7.74. The molecule has 1 heterocycles. The van der Waals surface area contributed by atoms with Gasteiger partial charge in [-0.15, -0.1) is 0 Å². The van der Waals surface area contributed by atoms with E-state index in [9.17, 15) is 0 Å². The first-order valence-electron chi connectivity index (χ1n) is 4.02. The van der Waals surface area contributed by atoms with Crippen LogP contribution in [0.15, 0.2) is 35.4 Å². The first-order chi connectivity index (χ1) is 5.77. The highest BCUT2D eigenvalue weighted by molar-refractivity contribution is 8.15. The predicted octanol–water partition coefficient (Wildman–Crippen LogP) is 2.79. The molecule has 1 aromatic heterocycles. The maximum absolute atomic E-state index is 3.19. The zero-order valence-corrected chi connectivity index (χ0v) is 8.23. The maximum Gasteiger partial charge on any atom is 0.0454 e. The highest BCUT2D eigenvalue weighted by atomic mass is 32.2. The first-order valence-corrected chi connectivity index (χ1v) is 6.25. The van der Waals surface area contributed by atoms with Crippen molar-refractivity contribution >= 4 is 21.8 Å². The summed E-state index contributed by atoms with van der Waals surface area (Å²) >= 11 is 0. The SMILES string of the molecule is C[SH](C)c1ccc2[nH]ccc2c1. The van der Waals surface area contributed by atoms with E-state index in [2.05, 4.69) is 41.8 Å². The van der Waals surface area contributed by atoms with Crippen LogP contribution in [0.25, 0.3) is 10.9 Å². The molecule has 1 N–H and O–H groups in total. The van der Waals surface area contributed by atoms with Crippen LogP contribution in [-0.2, 0) is 0 Å². The van der Waals surface area contributed by atoms with Crippen LogP contribution < -0.4 is 0 Å². The summed E-state index contributed by atoms with van der Waals surface area (Å²) in [5.74, 6) is 0. The van der Waals surface area contributed by atoms with Crippen LogP contribution in [0.2, 0.25) is 0 Å². The Hall–Kier alpha value is -0.890. The second-order valence-electron chi connectivity index (χ2n) is 3.14. The Bertz CT molecular complexity index is 389. The standard InChI is InChI=1S/C10H13NS/c1-12(2)9-3-4-10-8(7-9)5-6-11-10/h3-7,11-12H,1-2H3. The van der Waals surface area contributed by atoms with Crippen molar-refractivity contribution in [1.29, 1.82) is 0 Å². The topological polar surface area (TPSA) is 15.8 Å². The number of hydrogen-bond acceptors (Lipinski definition) is 0. The molecular formula is C10H13NS. The number of rotatable bonds is 1. The smallest absolute Gasteiger partial charge is 0.0454 e. The van der Waals surface area contributed by atoms with Gasteiger partial charge in [0.05, 0.1) is 0 Å². The largest absolute Gasteiger partial charge is 0.361 e. The summed E-state index contributed by atoms with van der Waals surface area (Å²) in [6.45, 7) is 0. The highest BCUT2D eigenvalue weighted by Crippen LogP contribution is 2.30. The molecule has 0 bridgehead atoms. The average Bonchev–Trinajstić information content (AvgIpc) is 2.49. The number of aromatic nitrogens is 1. The van der Waals surface area contributed by atoms with E-state index >= 15 is 0 Å². The molecule has 1 nitrogen and oxygen atoms in total. The molecule has 64 valence electrons. The molecule has 2 heteroatoms. The Morgan fingerprint density at radius 1 is 1.17 bits per heavy atom. The quantitative estimate of drug-likeness (QED) is 0.626. The van der Waals surface area contributed by atoms with Crippen molar-refractivity contribution in [3.8, 4) is 0 Å². The Balaban J connectivity index is 2.60. The molecule has 2 rings (SSSR count). The van der Waals surface area contributed by atoms with Crippen molar-refractivity contribution in [2.75, 3.05) is 12.5 Å². The van der Waals surface area contributed by atoms with Crippen LogP contribution in [-0.4, -0.2) is 17.5 Å². The van der Waals surface area contributed by atoms with Crippen molar-refractivity contribution in [2.24, 2.45) is 0 Å². The third-order valence-corrected chi connectivity index (χ3v) is 3.36. The Morgan fingerprint density at radius 2 is 2.00 bits per heavy atom. The van der Waals surface area contributed by atoms with E-state index in [0.29, 0.717) is 0 Å². The molecule has 0 unspecified atom stereocenters. The van der Waals surface area contributed by atoms with Crippen molar-refractivity contribution in [1.82, 2.24) is 4.98 Å². The van der Waals surface area contributed by atoms with Crippen LogP contribution in [0.5, 0.6) is 0 Å². The molecule has 0 fully saturated rings. The van der Waals surface area contributed by atoms with E-state index < -0.39 is 0 Å². The summed E-state index contributed by atoms with van der Waals surface area (Å²) < 4.78 is 0. The van der Waals surface area contributed by atoms with Crippen LogP contribution in [0, 0.1) is 0 Å². The molecule has 0 spiro atoms. The summed E-state index contributed by atoms with van der Waals surface area (Å²) in [7, 11) is 0.0362. The van der Waals surface area contributed by atoms with Gasteiger partial charge in [-0.05, 0) is 41.7 Å². The summed E-state index contributed by atoms with van der Waals surface area (Å²) in [5, 5.41) is 1.32. The van der Waals surface area contributed by atoms with E-state index in [1.165, 1.54) is 15.8 Å². The lowest BCUT2D eigenvalue weighted by molar-refractivity contribution is 1.45. The minimum Gasteiger partial charge on any atom is -0.361 e. The van der Waals surface area contributed by atoms with E-state index in [0.717, 1.165) is 0 Å². The third kappa shape index (κ3) is 1.23. The zero-order chi connectivity index (χ0) is 8.55. The molecule has 1 aromatic carbocycles. The van der Waals surface area contributed by atoms with Crippen LogP contribution in [0.1, 0.15) is 0 Å². The highest BCUT2D eigenvalue weighted by Gasteiger charge is 1.97. The molecule has 0 atom stereocenters. The van der Waals surface area contributed by atoms with Gasteiger partial charge >= 0.3 is 0 Å². The molecule has 0 saturated heterocycles. The number of thiol groups is 1. The summed E-state index contributed by atoms with van der Waals surface area (Å²) in [4.78, 5) is 4.66. The van der Waals surface area contributed by atoms with E-state index in [4.69, 9.17) is 0 Å². The number of hydrogen-bond donors (Lipinski definition) is 2. The molecule has 0 amide bonds. The Morgan fingerprint density at radius 3 is 2.75 bits per heavy atom. The minimum absolute atomic E-state index is 0.0362. The van der Waals surface area contributed by atoms with Gasteiger partial charge in [-0.25, -0.2) is 10.9 Å². The predicted molar refractivity (Wildman–Crippen MR) is 57.4 cm³/mol. The van der Waals surface area contributed by atoms with E-state index in [1.54, 1.807) is 0 Å². The number of nitrogens with one attached hydrogen (secondary N) is 1. The zero-order valence-electron chi connectivity index (χ0n) is 7.33. The molecule has 2 aromatic rings. The lowest BCUT2D eigenvalue weighted by Gasteiger charge is -2.08. The van der Waals surface area contributed by atoms with Crippen LogP contribution in [0.4, 0.5) is 0 Å². The molecule has 0 aliphatic heterocycles. The molecule has 0 aliphatic rings.